The largest absolute Gasteiger partial charge is 0.480 e. The molecule has 38 heavy (non-hydrogen) atoms. The van der Waals surface area contributed by atoms with Gasteiger partial charge in [0, 0.05) is 48.2 Å². The van der Waals surface area contributed by atoms with E-state index in [1.807, 2.05) is 64.1 Å². The van der Waals surface area contributed by atoms with Gasteiger partial charge in [-0.1, -0.05) is 29.1 Å². The molecule has 0 saturated carbocycles. The Hall–Kier alpha value is -4.23. The molecule has 2 atom stereocenters. The summed E-state index contributed by atoms with van der Waals surface area (Å²) in [5, 5.41) is 23.4. The molecule has 1 aliphatic heterocycles. The minimum absolute atomic E-state index is 0.214. The second kappa shape index (κ2) is 11.4. The minimum Gasteiger partial charge on any atom is -0.480 e. The third kappa shape index (κ3) is 6.01. The summed E-state index contributed by atoms with van der Waals surface area (Å²) in [7, 11) is 0. The highest BCUT2D eigenvalue weighted by Crippen LogP contribution is 2.22. The Kier molecular flexibility index (Phi) is 7.65. The van der Waals surface area contributed by atoms with E-state index < -0.39 is 18.1 Å². The van der Waals surface area contributed by atoms with Gasteiger partial charge in [0.15, 0.2) is 5.76 Å². The van der Waals surface area contributed by atoms with Crippen LogP contribution in [0.2, 0.25) is 0 Å². The lowest BCUT2D eigenvalue weighted by Gasteiger charge is -2.32. The van der Waals surface area contributed by atoms with Crippen LogP contribution in [-0.4, -0.2) is 61.6 Å². The summed E-state index contributed by atoms with van der Waals surface area (Å²) < 4.78 is 12.7. The van der Waals surface area contributed by atoms with Crippen molar-refractivity contribution in [3.05, 3.63) is 95.2 Å². The molecule has 194 valence electrons. The van der Waals surface area contributed by atoms with E-state index in [0.717, 1.165) is 27.9 Å². The number of aliphatic carboxylic acids is 1. The van der Waals surface area contributed by atoms with Gasteiger partial charge in [0.1, 0.15) is 23.7 Å². The van der Waals surface area contributed by atoms with Crippen LogP contribution in [0.25, 0.3) is 11.3 Å². The standard InChI is InChI=1S/C29H28N4O5/c1-20(34)28-30-12-13-33(28)18-25-16-27(38-31-25)24-10-8-22(9-11-24)3-2-21-4-6-23(7-5-21)17-32-14-15-37-19-26(32)29(35)36/h4-13,16,20,26,34H,14-15,17-19H2,1H3,(H,35,36)/t20-,26?/m0/s1. The van der Waals surface area contributed by atoms with E-state index >= 15 is 0 Å². The molecule has 0 bridgehead atoms. The van der Waals surface area contributed by atoms with Gasteiger partial charge in [-0.15, -0.1) is 0 Å². The fraction of sp³-hybridized carbons (Fsp3) is 0.276. The number of carboxylic acids is 1. The number of ether oxygens (including phenoxy) is 1. The molecule has 5 rings (SSSR count). The summed E-state index contributed by atoms with van der Waals surface area (Å²) in [5.41, 5.74) is 4.41. The third-order valence-electron chi connectivity index (χ3n) is 6.40. The molecule has 2 aromatic heterocycles. The van der Waals surface area contributed by atoms with E-state index in [1.54, 1.807) is 19.3 Å². The van der Waals surface area contributed by atoms with Crippen molar-refractivity contribution in [3.8, 4) is 23.2 Å². The number of hydrogen-bond acceptors (Lipinski definition) is 7. The quantitative estimate of drug-likeness (QED) is 0.363. The first-order valence-electron chi connectivity index (χ1n) is 12.4. The van der Waals surface area contributed by atoms with Crippen LogP contribution in [0.5, 0.6) is 0 Å². The molecular weight excluding hydrogens is 484 g/mol. The molecule has 0 spiro atoms. The number of morpholine rings is 1. The summed E-state index contributed by atoms with van der Waals surface area (Å²) >= 11 is 0. The van der Waals surface area contributed by atoms with Crippen LogP contribution in [0.3, 0.4) is 0 Å². The van der Waals surface area contributed by atoms with Gasteiger partial charge >= 0.3 is 5.97 Å². The molecule has 4 aromatic rings. The van der Waals surface area contributed by atoms with Crippen molar-refractivity contribution in [1.82, 2.24) is 19.6 Å². The maximum Gasteiger partial charge on any atom is 0.323 e. The summed E-state index contributed by atoms with van der Waals surface area (Å²) in [6.45, 7) is 4.04. The number of carbonyl (C=O) groups is 1. The first-order valence-corrected chi connectivity index (χ1v) is 12.4. The van der Waals surface area contributed by atoms with Crippen molar-refractivity contribution in [2.24, 2.45) is 0 Å². The number of carboxylic acid groups (broad SMARTS) is 1. The number of hydrogen-bond donors (Lipinski definition) is 2. The molecule has 9 nitrogen and oxygen atoms in total. The maximum absolute atomic E-state index is 11.5. The highest BCUT2D eigenvalue weighted by Gasteiger charge is 2.28. The molecular formula is C29H28N4O5. The van der Waals surface area contributed by atoms with Crippen LogP contribution in [0, 0.1) is 11.8 Å². The van der Waals surface area contributed by atoms with Crippen molar-refractivity contribution in [3.63, 3.8) is 0 Å². The molecule has 3 heterocycles. The number of aromatic nitrogens is 3. The predicted molar refractivity (Wildman–Crippen MR) is 139 cm³/mol. The third-order valence-corrected chi connectivity index (χ3v) is 6.40. The Morgan fingerprint density at radius 3 is 2.50 bits per heavy atom. The Balaban J connectivity index is 1.20. The van der Waals surface area contributed by atoms with Crippen molar-refractivity contribution in [1.29, 1.82) is 0 Å². The van der Waals surface area contributed by atoms with Crippen molar-refractivity contribution >= 4 is 5.97 Å². The van der Waals surface area contributed by atoms with Gasteiger partial charge in [-0.25, -0.2) is 4.98 Å². The minimum atomic E-state index is -0.859. The first kappa shape index (κ1) is 25.4. The second-order valence-corrected chi connectivity index (χ2v) is 9.20. The SMILES string of the molecule is C[C@H](O)c1nccn1Cc1cc(-c2ccc(C#Cc3ccc(CN4CCOCC4C(=O)O)cc3)cc2)on1. The van der Waals surface area contributed by atoms with Gasteiger partial charge in [-0.3, -0.25) is 9.69 Å². The number of aliphatic hydroxyl groups excluding tert-OH is 1. The Labute approximate surface area is 220 Å². The maximum atomic E-state index is 11.5. The molecule has 0 radical (unpaired) electrons. The normalized spacial score (nSPS) is 16.5. The Morgan fingerprint density at radius 1 is 1.11 bits per heavy atom. The molecule has 1 fully saturated rings. The monoisotopic (exact) mass is 512 g/mol. The smallest absolute Gasteiger partial charge is 0.323 e. The van der Waals surface area contributed by atoms with E-state index in [1.165, 1.54) is 0 Å². The number of imidazole rings is 1. The fourth-order valence-electron chi connectivity index (χ4n) is 4.36. The fourth-order valence-corrected chi connectivity index (χ4v) is 4.36. The molecule has 1 unspecified atom stereocenters. The summed E-state index contributed by atoms with van der Waals surface area (Å²) in [5.74, 6) is 6.73. The highest BCUT2D eigenvalue weighted by atomic mass is 16.5. The van der Waals surface area contributed by atoms with Gasteiger partial charge in [0.2, 0.25) is 0 Å². The van der Waals surface area contributed by atoms with Crippen LogP contribution in [0.15, 0.2) is 71.5 Å². The number of benzene rings is 2. The van der Waals surface area contributed by atoms with E-state index in [-0.39, 0.29) is 6.61 Å². The molecule has 2 aromatic carbocycles. The van der Waals surface area contributed by atoms with E-state index in [9.17, 15) is 15.0 Å². The van der Waals surface area contributed by atoms with Gasteiger partial charge < -0.3 is 24.0 Å². The Morgan fingerprint density at radius 2 is 1.82 bits per heavy atom. The van der Waals surface area contributed by atoms with Crippen LogP contribution in [0.4, 0.5) is 0 Å². The lowest BCUT2D eigenvalue weighted by Crippen LogP contribution is -2.49. The average Bonchev–Trinajstić information content (AvgIpc) is 3.59. The second-order valence-electron chi connectivity index (χ2n) is 9.20. The predicted octanol–water partition coefficient (Wildman–Crippen LogP) is 3.32. The molecule has 1 aliphatic rings. The Bertz CT molecular complexity index is 1440. The lowest BCUT2D eigenvalue weighted by atomic mass is 10.1. The van der Waals surface area contributed by atoms with E-state index in [2.05, 4.69) is 22.0 Å². The lowest BCUT2D eigenvalue weighted by molar-refractivity contribution is -0.150. The van der Waals surface area contributed by atoms with Crippen molar-refractivity contribution in [2.45, 2.75) is 32.2 Å². The molecule has 0 amide bonds. The summed E-state index contributed by atoms with van der Waals surface area (Å²) in [6.07, 6.45) is 2.79. The summed E-state index contributed by atoms with van der Waals surface area (Å²) in [6, 6.07) is 16.9. The van der Waals surface area contributed by atoms with Crippen LogP contribution >= 0.6 is 0 Å². The van der Waals surface area contributed by atoms with Crippen LogP contribution in [-0.2, 0) is 22.6 Å². The van der Waals surface area contributed by atoms with Crippen LogP contribution < -0.4 is 0 Å². The average molecular weight is 513 g/mol. The zero-order valence-corrected chi connectivity index (χ0v) is 20.9. The zero-order chi connectivity index (χ0) is 26.5. The molecule has 0 aliphatic carbocycles. The zero-order valence-electron chi connectivity index (χ0n) is 20.9. The van der Waals surface area contributed by atoms with E-state index in [0.29, 0.717) is 37.8 Å². The number of rotatable bonds is 7. The van der Waals surface area contributed by atoms with Crippen LogP contribution in [0.1, 0.15) is 41.2 Å². The van der Waals surface area contributed by atoms with Crippen molar-refractivity contribution < 1.29 is 24.3 Å². The van der Waals surface area contributed by atoms with Gasteiger partial charge in [-0.05, 0) is 48.9 Å². The van der Waals surface area contributed by atoms with Gasteiger partial charge in [0.05, 0.1) is 19.8 Å². The topological polar surface area (TPSA) is 114 Å². The first-order chi connectivity index (χ1) is 18.5. The van der Waals surface area contributed by atoms with Gasteiger partial charge in [0.25, 0.3) is 0 Å². The number of nitrogens with zero attached hydrogens (tertiary/aromatic N) is 4. The highest BCUT2D eigenvalue weighted by molar-refractivity contribution is 5.73. The molecule has 9 heteroatoms. The van der Waals surface area contributed by atoms with E-state index in [4.69, 9.17) is 9.26 Å². The number of aliphatic hydroxyl groups is 1. The summed E-state index contributed by atoms with van der Waals surface area (Å²) in [4.78, 5) is 17.6. The van der Waals surface area contributed by atoms with Crippen molar-refractivity contribution in [2.75, 3.05) is 19.8 Å². The molecule has 1 saturated heterocycles. The van der Waals surface area contributed by atoms with Gasteiger partial charge in [-0.2, -0.15) is 0 Å². The molecule has 2 N–H and O–H groups in total.